The van der Waals surface area contributed by atoms with Gasteiger partial charge in [0.05, 0.1) is 6.61 Å². The van der Waals surface area contributed by atoms with Crippen LogP contribution in [-0.2, 0) is 13.0 Å². The number of carbonyl (C=O) groups is 1. The second-order valence-electron chi connectivity index (χ2n) is 10.00. The van der Waals surface area contributed by atoms with Gasteiger partial charge in [-0.3, -0.25) is 4.79 Å². The topological polar surface area (TPSA) is 32.8 Å². The fourth-order valence-corrected chi connectivity index (χ4v) is 5.59. The second-order valence-corrected chi connectivity index (χ2v) is 10.4. The van der Waals surface area contributed by atoms with E-state index in [1.54, 1.807) is 0 Å². The van der Waals surface area contributed by atoms with E-state index in [0.29, 0.717) is 19.1 Å². The van der Waals surface area contributed by atoms with Crippen LogP contribution in [0.2, 0.25) is 5.02 Å². The van der Waals surface area contributed by atoms with E-state index in [1.807, 2.05) is 47.4 Å². The second kappa shape index (κ2) is 11.9. The summed E-state index contributed by atoms with van der Waals surface area (Å²) in [7, 11) is 0. The SMILES string of the molecule is O=C(c1ccccc1)N1CCCc2ccc(OCCCN3CCC(c4ccc(Cl)cc4)CC3)cc2C1. The van der Waals surface area contributed by atoms with E-state index in [9.17, 15) is 4.79 Å². The molecule has 0 spiro atoms. The Hall–Kier alpha value is -2.82. The number of halogens is 1. The zero-order chi connectivity index (χ0) is 24.7. The molecule has 0 unspecified atom stereocenters. The van der Waals surface area contributed by atoms with Crippen LogP contribution in [0.1, 0.15) is 58.6 Å². The molecule has 0 bridgehead atoms. The quantitative estimate of drug-likeness (QED) is 0.342. The van der Waals surface area contributed by atoms with Crippen molar-refractivity contribution in [3.05, 3.63) is 100 Å². The van der Waals surface area contributed by atoms with Crippen LogP contribution in [0.5, 0.6) is 5.75 Å². The highest BCUT2D eigenvalue weighted by Gasteiger charge is 2.22. The molecule has 3 aromatic rings. The molecule has 0 aromatic heterocycles. The molecule has 3 aromatic carbocycles. The van der Waals surface area contributed by atoms with Crippen molar-refractivity contribution in [3.63, 3.8) is 0 Å². The molecule has 1 fully saturated rings. The van der Waals surface area contributed by atoms with Crippen LogP contribution in [0.25, 0.3) is 0 Å². The maximum Gasteiger partial charge on any atom is 0.254 e. The fraction of sp³-hybridized carbons (Fsp3) is 0.387. The predicted octanol–water partition coefficient (Wildman–Crippen LogP) is 6.58. The van der Waals surface area contributed by atoms with Crippen molar-refractivity contribution in [1.29, 1.82) is 0 Å². The minimum absolute atomic E-state index is 0.106. The molecule has 0 saturated carbocycles. The molecule has 2 heterocycles. The average molecular weight is 503 g/mol. The molecular weight excluding hydrogens is 468 g/mol. The Morgan fingerprint density at radius 3 is 2.47 bits per heavy atom. The van der Waals surface area contributed by atoms with Gasteiger partial charge in [-0.15, -0.1) is 0 Å². The standard InChI is InChI=1S/C31H35ClN2O2/c32-29-12-9-25(10-13-29)26-15-19-33(20-16-26)17-5-21-36-30-14-11-24-8-4-18-34(23-28(24)22-30)31(35)27-6-2-1-3-7-27/h1-3,6-7,9-14,22,26H,4-5,8,15-21,23H2. The molecule has 188 valence electrons. The van der Waals surface area contributed by atoms with Crippen molar-refractivity contribution >= 4 is 17.5 Å². The predicted molar refractivity (Wildman–Crippen MR) is 146 cm³/mol. The number of piperidine rings is 1. The maximum absolute atomic E-state index is 13.0. The lowest BCUT2D eigenvalue weighted by Crippen LogP contribution is -2.34. The van der Waals surface area contributed by atoms with Crippen LogP contribution in [0.15, 0.2) is 72.8 Å². The molecule has 2 aliphatic rings. The molecule has 2 aliphatic heterocycles. The van der Waals surface area contributed by atoms with E-state index >= 15 is 0 Å². The average Bonchev–Trinajstić information content (AvgIpc) is 3.14. The smallest absolute Gasteiger partial charge is 0.254 e. The molecule has 5 heteroatoms. The van der Waals surface area contributed by atoms with E-state index in [2.05, 4.69) is 35.2 Å². The molecule has 1 saturated heterocycles. The van der Waals surface area contributed by atoms with Crippen molar-refractivity contribution in [2.45, 2.75) is 44.6 Å². The largest absolute Gasteiger partial charge is 0.494 e. The van der Waals surface area contributed by atoms with Crippen LogP contribution in [0.3, 0.4) is 0 Å². The first-order valence-electron chi connectivity index (χ1n) is 13.2. The molecular formula is C31H35ClN2O2. The van der Waals surface area contributed by atoms with Gasteiger partial charge in [0, 0.05) is 30.2 Å². The van der Waals surface area contributed by atoms with Gasteiger partial charge in [0.25, 0.3) is 5.91 Å². The minimum Gasteiger partial charge on any atom is -0.494 e. The van der Waals surface area contributed by atoms with Gasteiger partial charge in [-0.2, -0.15) is 0 Å². The summed E-state index contributed by atoms with van der Waals surface area (Å²) in [5, 5.41) is 0.809. The summed E-state index contributed by atoms with van der Waals surface area (Å²) in [5.74, 6) is 1.65. The fourth-order valence-electron chi connectivity index (χ4n) is 5.47. The van der Waals surface area contributed by atoms with Crippen LogP contribution in [-0.4, -0.2) is 48.5 Å². The maximum atomic E-state index is 13.0. The number of benzene rings is 3. The van der Waals surface area contributed by atoms with Gasteiger partial charge in [-0.1, -0.05) is 48.0 Å². The summed E-state index contributed by atoms with van der Waals surface area (Å²) < 4.78 is 6.14. The van der Waals surface area contributed by atoms with E-state index in [4.69, 9.17) is 16.3 Å². The lowest BCUT2D eigenvalue weighted by Gasteiger charge is -2.32. The van der Waals surface area contributed by atoms with Gasteiger partial charge in [-0.05, 0) is 104 Å². The van der Waals surface area contributed by atoms with Crippen LogP contribution in [0.4, 0.5) is 0 Å². The minimum atomic E-state index is 0.106. The highest BCUT2D eigenvalue weighted by molar-refractivity contribution is 6.30. The summed E-state index contributed by atoms with van der Waals surface area (Å²) >= 11 is 6.04. The molecule has 36 heavy (non-hydrogen) atoms. The van der Waals surface area contributed by atoms with Crippen LogP contribution in [0, 0.1) is 0 Å². The number of likely N-dealkylation sites (tertiary alicyclic amines) is 1. The molecule has 5 rings (SSSR count). The zero-order valence-electron chi connectivity index (χ0n) is 20.9. The monoisotopic (exact) mass is 502 g/mol. The van der Waals surface area contributed by atoms with Gasteiger partial charge in [-0.25, -0.2) is 0 Å². The Bertz CT molecular complexity index is 1140. The number of carbonyl (C=O) groups excluding carboxylic acids is 1. The number of fused-ring (bicyclic) bond motifs is 1. The van der Waals surface area contributed by atoms with Crippen molar-refractivity contribution in [3.8, 4) is 5.75 Å². The Kier molecular flexibility index (Phi) is 8.25. The molecule has 0 radical (unpaired) electrons. The first-order chi connectivity index (χ1) is 17.7. The van der Waals surface area contributed by atoms with E-state index in [-0.39, 0.29) is 5.91 Å². The van der Waals surface area contributed by atoms with Crippen LogP contribution < -0.4 is 4.74 Å². The third-order valence-electron chi connectivity index (χ3n) is 7.54. The summed E-state index contributed by atoms with van der Waals surface area (Å²) in [6, 6.07) is 24.4. The number of hydrogen-bond acceptors (Lipinski definition) is 3. The van der Waals surface area contributed by atoms with Gasteiger partial charge < -0.3 is 14.5 Å². The first-order valence-corrected chi connectivity index (χ1v) is 13.6. The Labute approximate surface area is 219 Å². The van der Waals surface area contributed by atoms with Gasteiger partial charge in [0.2, 0.25) is 0 Å². The van der Waals surface area contributed by atoms with Gasteiger partial charge in [0.15, 0.2) is 0 Å². The van der Waals surface area contributed by atoms with Gasteiger partial charge in [0.1, 0.15) is 5.75 Å². The number of ether oxygens (including phenoxy) is 1. The number of aryl methyl sites for hydroxylation is 1. The Morgan fingerprint density at radius 1 is 0.917 bits per heavy atom. The van der Waals surface area contributed by atoms with Gasteiger partial charge >= 0.3 is 0 Å². The summed E-state index contributed by atoms with van der Waals surface area (Å²) in [6.07, 6.45) is 5.40. The summed E-state index contributed by atoms with van der Waals surface area (Å²) in [4.78, 5) is 17.5. The number of amides is 1. The molecule has 0 atom stereocenters. The van der Waals surface area contributed by atoms with Crippen molar-refractivity contribution in [1.82, 2.24) is 9.80 Å². The first kappa shape index (κ1) is 24.9. The lowest BCUT2D eigenvalue weighted by molar-refractivity contribution is 0.0745. The molecule has 0 N–H and O–H groups in total. The highest BCUT2D eigenvalue weighted by atomic mass is 35.5. The van der Waals surface area contributed by atoms with E-state index < -0.39 is 0 Å². The third-order valence-corrected chi connectivity index (χ3v) is 7.79. The van der Waals surface area contributed by atoms with E-state index in [1.165, 1.54) is 29.5 Å². The Morgan fingerprint density at radius 2 is 1.69 bits per heavy atom. The Balaban J connectivity index is 1.09. The summed E-state index contributed by atoms with van der Waals surface area (Å²) in [6.45, 7) is 5.48. The molecule has 4 nitrogen and oxygen atoms in total. The number of rotatable bonds is 7. The van der Waals surface area contributed by atoms with Crippen molar-refractivity contribution < 1.29 is 9.53 Å². The normalized spacial score (nSPS) is 16.9. The molecule has 0 aliphatic carbocycles. The molecule has 1 amide bonds. The summed E-state index contributed by atoms with van der Waals surface area (Å²) in [5.41, 5.74) is 4.70. The number of hydrogen-bond donors (Lipinski definition) is 0. The van der Waals surface area contributed by atoms with Crippen molar-refractivity contribution in [2.75, 3.05) is 32.8 Å². The third kappa shape index (κ3) is 6.29. The van der Waals surface area contributed by atoms with Crippen LogP contribution >= 0.6 is 11.6 Å². The number of nitrogens with zero attached hydrogens (tertiary/aromatic N) is 2. The van der Waals surface area contributed by atoms with E-state index in [0.717, 1.165) is 61.8 Å². The zero-order valence-corrected chi connectivity index (χ0v) is 21.6. The van der Waals surface area contributed by atoms with Crippen molar-refractivity contribution in [2.24, 2.45) is 0 Å². The highest BCUT2D eigenvalue weighted by Crippen LogP contribution is 2.29. The lowest BCUT2D eigenvalue weighted by atomic mass is 9.89.